The summed E-state index contributed by atoms with van der Waals surface area (Å²) in [5, 5.41) is 6.59. The van der Waals surface area contributed by atoms with Crippen molar-refractivity contribution in [3.63, 3.8) is 0 Å². The molecule has 1 N–H and O–H groups in total. The largest absolute Gasteiger partial charge is 0.338 e. The fraction of sp³-hybridized carbons (Fsp3) is 0.235. The summed E-state index contributed by atoms with van der Waals surface area (Å²) in [6.45, 7) is 3.59. The summed E-state index contributed by atoms with van der Waals surface area (Å²) in [6, 6.07) is 8.21. The van der Waals surface area contributed by atoms with Crippen LogP contribution in [0.4, 0.5) is 10.3 Å². The number of anilines is 1. The first-order valence-electron chi connectivity index (χ1n) is 7.42. The van der Waals surface area contributed by atoms with E-state index in [0.717, 1.165) is 5.56 Å². The number of nitrogens with one attached hydrogen (secondary N) is 1. The van der Waals surface area contributed by atoms with Crippen molar-refractivity contribution in [2.75, 3.05) is 5.32 Å². The predicted molar refractivity (Wildman–Crippen MR) is 92.3 cm³/mol. The molecule has 7 heteroatoms. The van der Waals surface area contributed by atoms with Gasteiger partial charge in [0.15, 0.2) is 0 Å². The highest BCUT2D eigenvalue weighted by Gasteiger charge is 2.16. The van der Waals surface area contributed by atoms with Gasteiger partial charge < -0.3 is 4.52 Å². The third-order valence-corrected chi connectivity index (χ3v) is 4.72. The van der Waals surface area contributed by atoms with E-state index >= 15 is 0 Å². The molecule has 0 aliphatic heterocycles. The van der Waals surface area contributed by atoms with Crippen LogP contribution in [0, 0.1) is 12.7 Å². The van der Waals surface area contributed by atoms with Gasteiger partial charge in [0.2, 0.25) is 11.8 Å². The summed E-state index contributed by atoms with van der Waals surface area (Å²) in [5.41, 5.74) is 2.23. The standard InChI is InChI=1S/C17H16FN3O2S/c1-10-8-15(23-21-10)20-17(22)11(2)24-9-12-5-6-14(18)13-4-3-7-19-16(12)13/h3-8,11H,9H2,1-2H3,(H,20,22). The number of aryl methyl sites for hydroxylation is 1. The Hall–Kier alpha value is -2.41. The van der Waals surface area contributed by atoms with Gasteiger partial charge in [0.05, 0.1) is 16.5 Å². The van der Waals surface area contributed by atoms with Gasteiger partial charge in [-0.05, 0) is 37.6 Å². The minimum Gasteiger partial charge on any atom is -0.338 e. The van der Waals surface area contributed by atoms with Crippen LogP contribution in [-0.2, 0) is 10.5 Å². The summed E-state index contributed by atoms with van der Waals surface area (Å²) < 4.78 is 18.8. The maximum absolute atomic E-state index is 13.8. The number of carbonyl (C=O) groups is 1. The van der Waals surface area contributed by atoms with Crippen LogP contribution in [0.5, 0.6) is 0 Å². The molecule has 1 amide bonds. The molecule has 0 radical (unpaired) electrons. The maximum Gasteiger partial charge on any atom is 0.239 e. The van der Waals surface area contributed by atoms with Gasteiger partial charge in [-0.25, -0.2) is 4.39 Å². The Morgan fingerprint density at radius 3 is 3.00 bits per heavy atom. The Bertz CT molecular complexity index is 881. The number of benzene rings is 1. The highest BCUT2D eigenvalue weighted by molar-refractivity contribution is 7.99. The molecule has 2 heterocycles. The number of rotatable bonds is 5. The number of carbonyl (C=O) groups excluding carboxylic acids is 1. The molecule has 3 aromatic rings. The first-order valence-corrected chi connectivity index (χ1v) is 8.47. The van der Waals surface area contributed by atoms with Crippen LogP contribution >= 0.6 is 11.8 Å². The second-order valence-electron chi connectivity index (χ2n) is 5.38. The lowest BCUT2D eigenvalue weighted by atomic mass is 10.1. The SMILES string of the molecule is Cc1cc(NC(=O)C(C)SCc2ccc(F)c3cccnc23)on1. The molecule has 124 valence electrons. The van der Waals surface area contributed by atoms with Crippen molar-refractivity contribution in [2.45, 2.75) is 24.9 Å². The number of nitrogens with zero attached hydrogens (tertiary/aromatic N) is 2. The molecule has 24 heavy (non-hydrogen) atoms. The molecule has 0 saturated heterocycles. The zero-order valence-electron chi connectivity index (χ0n) is 13.2. The monoisotopic (exact) mass is 345 g/mol. The molecule has 1 unspecified atom stereocenters. The molecule has 2 aromatic heterocycles. The molecule has 0 fully saturated rings. The highest BCUT2D eigenvalue weighted by Crippen LogP contribution is 2.25. The van der Waals surface area contributed by atoms with Crippen molar-refractivity contribution in [1.82, 2.24) is 10.1 Å². The van der Waals surface area contributed by atoms with Crippen LogP contribution in [0.1, 0.15) is 18.2 Å². The highest BCUT2D eigenvalue weighted by atomic mass is 32.2. The number of hydrogen-bond acceptors (Lipinski definition) is 5. The van der Waals surface area contributed by atoms with Crippen molar-refractivity contribution < 1.29 is 13.7 Å². The van der Waals surface area contributed by atoms with Crippen molar-refractivity contribution in [2.24, 2.45) is 0 Å². The smallest absolute Gasteiger partial charge is 0.239 e. The second kappa shape index (κ2) is 7.00. The average molecular weight is 345 g/mol. The normalized spacial score (nSPS) is 12.3. The molecule has 0 aliphatic rings. The van der Waals surface area contributed by atoms with Gasteiger partial charge in [-0.2, -0.15) is 0 Å². The van der Waals surface area contributed by atoms with E-state index in [1.807, 2.05) is 6.92 Å². The van der Waals surface area contributed by atoms with Gasteiger partial charge in [0.1, 0.15) is 5.82 Å². The molecule has 0 aliphatic carbocycles. The Balaban J connectivity index is 1.67. The molecule has 0 saturated carbocycles. The van der Waals surface area contributed by atoms with E-state index in [2.05, 4.69) is 15.5 Å². The lowest BCUT2D eigenvalue weighted by Gasteiger charge is -2.11. The van der Waals surface area contributed by atoms with Crippen molar-refractivity contribution in [3.05, 3.63) is 53.6 Å². The number of amides is 1. The summed E-state index contributed by atoms with van der Waals surface area (Å²) >= 11 is 1.45. The van der Waals surface area contributed by atoms with Gasteiger partial charge in [0, 0.05) is 23.4 Å². The average Bonchev–Trinajstić information content (AvgIpc) is 2.99. The number of thioether (sulfide) groups is 1. The third kappa shape index (κ3) is 3.56. The Kier molecular flexibility index (Phi) is 4.80. The quantitative estimate of drug-likeness (QED) is 0.759. The molecule has 3 rings (SSSR count). The van der Waals surface area contributed by atoms with Crippen LogP contribution in [0.15, 0.2) is 41.1 Å². The fourth-order valence-corrected chi connectivity index (χ4v) is 3.12. The first-order chi connectivity index (χ1) is 11.5. The van der Waals surface area contributed by atoms with E-state index in [1.165, 1.54) is 17.8 Å². The third-order valence-electron chi connectivity index (χ3n) is 3.53. The van der Waals surface area contributed by atoms with Crippen LogP contribution in [0.25, 0.3) is 10.9 Å². The van der Waals surface area contributed by atoms with Gasteiger partial charge in [0.25, 0.3) is 0 Å². The fourth-order valence-electron chi connectivity index (χ4n) is 2.25. The number of fused-ring (bicyclic) bond motifs is 1. The molecule has 1 aromatic carbocycles. The lowest BCUT2D eigenvalue weighted by Crippen LogP contribution is -2.22. The summed E-state index contributed by atoms with van der Waals surface area (Å²) in [5.74, 6) is 0.422. The van der Waals surface area contributed by atoms with Gasteiger partial charge in [-0.1, -0.05) is 11.2 Å². The van der Waals surface area contributed by atoms with Gasteiger partial charge in [-0.3, -0.25) is 15.1 Å². The van der Waals surface area contributed by atoms with Crippen molar-refractivity contribution >= 4 is 34.5 Å². The Labute approximate surface area is 142 Å². The van der Waals surface area contributed by atoms with Crippen molar-refractivity contribution in [1.29, 1.82) is 0 Å². The predicted octanol–water partition coefficient (Wildman–Crippen LogP) is 3.93. The van der Waals surface area contributed by atoms with Gasteiger partial charge >= 0.3 is 0 Å². The molecular weight excluding hydrogens is 329 g/mol. The number of halogens is 1. The van der Waals surface area contributed by atoms with Crippen LogP contribution < -0.4 is 5.32 Å². The second-order valence-corrected chi connectivity index (χ2v) is 6.71. The number of pyridine rings is 1. The molecule has 5 nitrogen and oxygen atoms in total. The Morgan fingerprint density at radius 1 is 1.42 bits per heavy atom. The van der Waals surface area contributed by atoms with E-state index in [-0.39, 0.29) is 17.0 Å². The number of aromatic nitrogens is 2. The zero-order valence-corrected chi connectivity index (χ0v) is 14.1. The minimum absolute atomic E-state index is 0.171. The van der Waals surface area contributed by atoms with Crippen molar-refractivity contribution in [3.8, 4) is 0 Å². The molecule has 0 spiro atoms. The zero-order chi connectivity index (χ0) is 17.1. The van der Waals surface area contributed by atoms with Crippen LogP contribution in [0.2, 0.25) is 0 Å². The Morgan fingerprint density at radius 2 is 2.25 bits per heavy atom. The van der Waals surface area contributed by atoms with Crippen LogP contribution in [0.3, 0.4) is 0 Å². The van der Waals surface area contributed by atoms with E-state index in [0.29, 0.717) is 28.2 Å². The molecule has 1 atom stereocenters. The maximum atomic E-state index is 13.8. The number of hydrogen-bond donors (Lipinski definition) is 1. The molecule has 0 bridgehead atoms. The van der Waals surface area contributed by atoms with E-state index in [1.54, 1.807) is 37.4 Å². The summed E-state index contributed by atoms with van der Waals surface area (Å²) in [7, 11) is 0. The molecular formula is C17H16FN3O2S. The minimum atomic E-state index is -0.306. The lowest BCUT2D eigenvalue weighted by molar-refractivity contribution is -0.115. The van der Waals surface area contributed by atoms with Crippen LogP contribution in [-0.4, -0.2) is 21.3 Å². The van der Waals surface area contributed by atoms with Gasteiger partial charge in [-0.15, -0.1) is 11.8 Å². The van der Waals surface area contributed by atoms with E-state index in [4.69, 9.17) is 4.52 Å². The first kappa shape index (κ1) is 16.4. The topological polar surface area (TPSA) is 68.0 Å². The summed E-state index contributed by atoms with van der Waals surface area (Å²) in [6.07, 6.45) is 1.64. The summed E-state index contributed by atoms with van der Waals surface area (Å²) in [4.78, 5) is 16.4. The van der Waals surface area contributed by atoms with E-state index < -0.39 is 0 Å². The van der Waals surface area contributed by atoms with E-state index in [9.17, 15) is 9.18 Å².